The number of hydrogen-bond acceptors (Lipinski definition) is 4. The smallest absolute Gasteiger partial charge is 0.229 e. The van der Waals surface area contributed by atoms with Gasteiger partial charge in [0, 0.05) is 38.3 Å². The van der Waals surface area contributed by atoms with Crippen molar-refractivity contribution in [3.63, 3.8) is 0 Å². The lowest BCUT2D eigenvalue weighted by atomic mass is 10.1. The highest BCUT2D eigenvalue weighted by atomic mass is 16.5. The second-order valence-electron chi connectivity index (χ2n) is 5.85. The Balaban J connectivity index is 0.00000171. The standard InChI is InChI=1S/C19H27N3O2.2C2H6/c1-5-16(20-6-2)14-22-11-9-15-7-8-17(13-18(15)22)21(3)19(23)10-12-24-4;2*1-2/h5-8,13H,9-12,14H2,1-4H3;2*1-2H3/b16-5-,20-6?;;. The molecule has 28 heavy (non-hydrogen) atoms. The number of rotatable bonds is 7. The number of amides is 1. The van der Waals surface area contributed by atoms with Crippen LogP contribution >= 0.6 is 0 Å². The molecule has 0 saturated heterocycles. The molecule has 0 fully saturated rings. The number of fused-ring (bicyclic) bond motifs is 1. The van der Waals surface area contributed by atoms with E-state index >= 15 is 0 Å². The van der Waals surface area contributed by atoms with Crippen molar-refractivity contribution in [1.29, 1.82) is 0 Å². The highest BCUT2D eigenvalue weighted by Crippen LogP contribution is 2.32. The highest BCUT2D eigenvalue weighted by molar-refractivity contribution is 5.93. The fourth-order valence-electron chi connectivity index (χ4n) is 2.88. The maximum atomic E-state index is 12.2. The molecule has 0 aromatic heterocycles. The van der Waals surface area contributed by atoms with Crippen LogP contribution in [-0.4, -0.2) is 46.0 Å². The zero-order chi connectivity index (χ0) is 21.5. The van der Waals surface area contributed by atoms with Gasteiger partial charge in [-0.25, -0.2) is 0 Å². The highest BCUT2D eigenvalue weighted by Gasteiger charge is 2.21. The van der Waals surface area contributed by atoms with Gasteiger partial charge < -0.3 is 14.5 Å². The summed E-state index contributed by atoms with van der Waals surface area (Å²) in [5, 5.41) is 0. The molecule has 1 amide bonds. The average molecular weight is 390 g/mol. The molecule has 2 rings (SSSR count). The number of anilines is 2. The van der Waals surface area contributed by atoms with Gasteiger partial charge in [-0.1, -0.05) is 39.8 Å². The minimum atomic E-state index is 0.0612. The van der Waals surface area contributed by atoms with Crippen LogP contribution < -0.4 is 9.80 Å². The maximum Gasteiger partial charge on any atom is 0.229 e. The topological polar surface area (TPSA) is 45.1 Å². The second kappa shape index (κ2) is 14.9. The van der Waals surface area contributed by atoms with Gasteiger partial charge in [-0.2, -0.15) is 0 Å². The molecule has 1 heterocycles. The van der Waals surface area contributed by atoms with Gasteiger partial charge in [-0.05, 0) is 38.0 Å². The summed E-state index contributed by atoms with van der Waals surface area (Å²) in [7, 11) is 3.43. The van der Waals surface area contributed by atoms with Gasteiger partial charge in [0.25, 0.3) is 0 Å². The molecule has 1 aromatic rings. The summed E-state index contributed by atoms with van der Waals surface area (Å²) in [5.74, 6) is 0.0612. The van der Waals surface area contributed by atoms with Gasteiger partial charge in [0.15, 0.2) is 0 Å². The Kier molecular flexibility index (Phi) is 13.7. The molecular weight excluding hydrogens is 350 g/mol. The van der Waals surface area contributed by atoms with E-state index in [1.165, 1.54) is 11.3 Å². The minimum Gasteiger partial charge on any atom is -0.384 e. The summed E-state index contributed by atoms with van der Waals surface area (Å²) in [6.07, 6.45) is 5.29. The first-order valence-corrected chi connectivity index (χ1v) is 10.4. The average Bonchev–Trinajstić information content (AvgIpc) is 3.15. The molecule has 0 unspecified atom stereocenters. The maximum absolute atomic E-state index is 12.2. The third-order valence-electron chi connectivity index (χ3n) is 4.32. The lowest BCUT2D eigenvalue weighted by molar-refractivity contribution is -0.119. The zero-order valence-electron chi connectivity index (χ0n) is 19.1. The van der Waals surface area contributed by atoms with Crippen LogP contribution in [-0.2, 0) is 16.0 Å². The van der Waals surface area contributed by atoms with Gasteiger partial charge in [-0.3, -0.25) is 9.79 Å². The number of hydrogen-bond donors (Lipinski definition) is 0. The summed E-state index contributed by atoms with van der Waals surface area (Å²) < 4.78 is 4.99. The van der Waals surface area contributed by atoms with Crippen LogP contribution in [0.3, 0.4) is 0 Å². The third kappa shape index (κ3) is 7.47. The van der Waals surface area contributed by atoms with Crippen molar-refractivity contribution in [1.82, 2.24) is 0 Å². The van der Waals surface area contributed by atoms with Crippen molar-refractivity contribution in [2.45, 2.75) is 54.4 Å². The largest absolute Gasteiger partial charge is 0.384 e. The molecule has 0 radical (unpaired) electrons. The molecule has 1 aromatic carbocycles. The molecule has 0 atom stereocenters. The predicted molar refractivity (Wildman–Crippen MR) is 123 cm³/mol. The van der Waals surface area contributed by atoms with Gasteiger partial charge in [0.05, 0.1) is 25.3 Å². The summed E-state index contributed by atoms with van der Waals surface area (Å²) in [4.78, 5) is 20.6. The summed E-state index contributed by atoms with van der Waals surface area (Å²) >= 11 is 0. The fourth-order valence-corrected chi connectivity index (χ4v) is 2.88. The molecular formula is C23H39N3O2. The van der Waals surface area contributed by atoms with E-state index in [-0.39, 0.29) is 5.91 Å². The Labute approximate surface area is 172 Å². The zero-order valence-corrected chi connectivity index (χ0v) is 19.1. The predicted octanol–water partition coefficient (Wildman–Crippen LogP) is 5.10. The van der Waals surface area contributed by atoms with Crippen molar-refractivity contribution in [2.24, 2.45) is 4.99 Å². The number of aliphatic imine (C=N–C) groups is 1. The summed E-state index contributed by atoms with van der Waals surface area (Å²) in [5.41, 5.74) is 4.50. The molecule has 0 aliphatic carbocycles. The molecule has 5 nitrogen and oxygen atoms in total. The van der Waals surface area contributed by atoms with Gasteiger partial charge >= 0.3 is 0 Å². The Morgan fingerprint density at radius 1 is 1.25 bits per heavy atom. The Bertz CT molecular complexity index is 639. The number of carbonyl (C=O) groups is 1. The van der Waals surface area contributed by atoms with Crippen molar-refractivity contribution in [2.75, 3.05) is 43.7 Å². The number of methoxy groups -OCH3 is 1. The van der Waals surface area contributed by atoms with Crippen molar-refractivity contribution in [3.05, 3.63) is 35.5 Å². The van der Waals surface area contributed by atoms with E-state index < -0.39 is 0 Å². The lowest BCUT2D eigenvalue weighted by Gasteiger charge is -2.23. The van der Waals surface area contributed by atoms with Gasteiger partial charge in [0.2, 0.25) is 5.91 Å². The quantitative estimate of drug-likeness (QED) is 0.610. The number of ether oxygens (including phenoxy) is 1. The van der Waals surface area contributed by atoms with Crippen LogP contribution in [0.5, 0.6) is 0 Å². The van der Waals surface area contributed by atoms with Crippen LogP contribution in [0, 0.1) is 0 Å². The van der Waals surface area contributed by atoms with E-state index in [0.717, 1.165) is 30.9 Å². The monoisotopic (exact) mass is 389 g/mol. The molecule has 1 aliphatic rings. The van der Waals surface area contributed by atoms with Gasteiger partial charge in [-0.15, -0.1) is 0 Å². The molecule has 158 valence electrons. The fraction of sp³-hybridized carbons (Fsp3) is 0.565. The normalized spacial score (nSPS) is 12.7. The molecule has 0 spiro atoms. The SMILES string of the molecule is CC.CC.CC=N/C(=C\C)CN1CCc2ccc(N(C)C(=O)CCOC)cc21. The Morgan fingerprint density at radius 3 is 2.50 bits per heavy atom. The van der Waals surface area contributed by atoms with Gasteiger partial charge in [0.1, 0.15) is 0 Å². The van der Waals surface area contributed by atoms with Crippen molar-refractivity contribution in [3.8, 4) is 0 Å². The second-order valence-corrected chi connectivity index (χ2v) is 5.85. The third-order valence-corrected chi connectivity index (χ3v) is 4.32. The van der Waals surface area contributed by atoms with E-state index in [4.69, 9.17) is 4.74 Å². The van der Waals surface area contributed by atoms with Crippen LogP contribution in [0.2, 0.25) is 0 Å². The molecule has 0 N–H and O–H groups in total. The number of benzene rings is 1. The Hall–Kier alpha value is -2.14. The van der Waals surface area contributed by atoms with E-state index in [0.29, 0.717) is 13.0 Å². The van der Waals surface area contributed by atoms with Crippen LogP contribution in [0.4, 0.5) is 11.4 Å². The molecule has 1 aliphatic heterocycles. The van der Waals surface area contributed by atoms with E-state index in [2.05, 4.69) is 22.0 Å². The van der Waals surface area contributed by atoms with Crippen LogP contribution in [0.25, 0.3) is 0 Å². The number of carbonyl (C=O) groups excluding carboxylic acids is 1. The molecule has 0 saturated carbocycles. The molecule has 5 heteroatoms. The summed E-state index contributed by atoms with van der Waals surface area (Å²) in [6, 6.07) is 6.26. The van der Waals surface area contributed by atoms with Crippen LogP contribution in [0.1, 0.15) is 53.5 Å². The van der Waals surface area contributed by atoms with E-state index in [1.54, 1.807) is 12.0 Å². The van der Waals surface area contributed by atoms with E-state index in [9.17, 15) is 4.79 Å². The van der Waals surface area contributed by atoms with Crippen LogP contribution in [0.15, 0.2) is 35.0 Å². The van der Waals surface area contributed by atoms with Crippen molar-refractivity contribution < 1.29 is 9.53 Å². The first kappa shape index (κ1) is 25.9. The summed E-state index contributed by atoms with van der Waals surface area (Å²) in [6.45, 7) is 14.2. The Morgan fingerprint density at radius 2 is 1.93 bits per heavy atom. The van der Waals surface area contributed by atoms with E-state index in [1.807, 2.05) is 66.9 Å². The lowest BCUT2D eigenvalue weighted by Crippen LogP contribution is -2.27. The minimum absolute atomic E-state index is 0.0612. The molecule has 0 bridgehead atoms. The van der Waals surface area contributed by atoms with Crippen molar-refractivity contribution >= 4 is 23.5 Å². The first-order valence-electron chi connectivity index (χ1n) is 10.4. The number of allylic oxidation sites excluding steroid dienone is 1. The first-order chi connectivity index (χ1) is 13.6. The number of nitrogens with zero attached hydrogens (tertiary/aromatic N) is 3.